The molecule has 1 aliphatic rings. The first kappa shape index (κ1) is 12.6. The first-order valence-corrected chi connectivity index (χ1v) is 6.79. The van der Waals surface area contributed by atoms with E-state index in [4.69, 9.17) is 0 Å². The molecule has 1 fully saturated rings. The van der Waals surface area contributed by atoms with Crippen molar-refractivity contribution in [2.45, 2.75) is 65.1 Å². The molecule has 0 aliphatic heterocycles. The van der Waals surface area contributed by atoms with Gasteiger partial charge in [-0.1, -0.05) is 13.8 Å². The SMILES string of the molecule is CC(Cn1cccn1)NC1CCC(C)(C)CC1. The average Bonchev–Trinajstić information content (AvgIpc) is 2.74. The minimum Gasteiger partial charge on any atom is -0.310 e. The second kappa shape index (κ2) is 5.21. The highest BCUT2D eigenvalue weighted by Crippen LogP contribution is 2.35. The summed E-state index contributed by atoms with van der Waals surface area (Å²) < 4.78 is 2.00. The van der Waals surface area contributed by atoms with Crippen LogP contribution in [0.25, 0.3) is 0 Å². The Hall–Kier alpha value is -0.830. The Morgan fingerprint density at radius 2 is 2.12 bits per heavy atom. The van der Waals surface area contributed by atoms with Crippen molar-refractivity contribution in [2.24, 2.45) is 5.41 Å². The summed E-state index contributed by atoms with van der Waals surface area (Å²) in [5.41, 5.74) is 0.559. The molecular weight excluding hydrogens is 210 g/mol. The molecule has 3 nitrogen and oxygen atoms in total. The highest BCUT2D eigenvalue weighted by molar-refractivity contribution is 4.84. The lowest BCUT2D eigenvalue weighted by Gasteiger charge is -2.36. The Labute approximate surface area is 105 Å². The van der Waals surface area contributed by atoms with E-state index >= 15 is 0 Å². The molecule has 0 bridgehead atoms. The summed E-state index contributed by atoms with van der Waals surface area (Å²) in [6.45, 7) is 7.99. The number of aromatic nitrogens is 2. The van der Waals surface area contributed by atoms with Gasteiger partial charge in [-0.25, -0.2) is 0 Å². The number of hydrogen-bond donors (Lipinski definition) is 1. The zero-order valence-electron chi connectivity index (χ0n) is 11.3. The summed E-state index contributed by atoms with van der Waals surface area (Å²) >= 11 is 0. The third kappa shape index (κ3) is 3.84. The zero-order chi connectivity index (χ0) is 12.3. The molecule has 0 amide bonds. The predicted molar refractivity (Wildman–Crippen MR) is 70.9 cm³/mol. The maximum atomic E-state index is 4.25. The van der Waals surface area contributed by atoms with Crippen LogP contribution in [0.1, 0.15) is 46.5 Å². The van der Waals surface area contributed by atoms with E-state index in [2.05, 4.69) is 31.2 Å². The molecule has 3 heteroatoms. The Kier molecular flexibility index (Phi) is 3.87. The van der Waals surface area contributed by atoms with Gasteiger partial charge in [0.1, 0.15) is 0 Å². The van der Waals surface area contributed by atoms with Gasteiger partial charge in [0.2, 0.25) is 0 Å². The lowest BCUT2D eigenvalue weighted by molar-refractivity contribution is 0.196. The molecule has 2 rings (SSSR count). The van der Waals surface area contributed by atoms with Gasteiger partial charge in [0.05, 0.1) is 6.54 Å². The molecular formula is C14H25N3. The lowest BCUT2D eigenvalue weighted by atomic mass is 9.75. The molecule has 17 heavy (non-hydrogen) atoms. The second-order valence-electron chi connectivity index (χ2n) is 6.23. The van der Waals surface area contributed by atoms with Crippen LogP contribution in [0.15, 0.2) is 18.5 Å². The Bertz CT molecular complexity index is 319. The van der Waals surface area contributed by atoms with E-state index in [1.165, 1.54) is 25.7 Å². The van der Waals surface area contributed by atoms with E-state index in [-0.39, 0.29) is 0 Å². The van der Waals surface area contributed by atoms with Gasteiger partial charge in [0.15, 0.2) is 0 Å². The third-order valence-electron chi connectivity index (χ3n) is 3.88. The van der Waals surface area contributed by atoms with Crippen molar-refractivity contribution >= 4 is 0 Å². The van der Waals surface area contributed by atoms with Gasteiger partial charge in [0, 0.05) is 24.5 Å². The maximum Gasteiger partial charge on any atom is 0.0560 e. The summed E-state index contributed by atoms with van der Waals surface area (Å²) in [6.07, 6.45) is 9.20. The van der Waals surface area contributed by atoms with Crippen LogP contribution in [0.4, 0.5) is 0 Å². The predicted octanol–water partition coefficient (Wildman–Crippen LogP) is 2.83. The summed E-state index contributed by atoms with van der Waals surface area (Å²) in [5, 5.41) is 7.98. The molecule has 1 atom stereocenters. The van der Waals surface area contributed by atoms with Crippen LogP contribution in [0.3, 0.4) is 0 Å². The van der Waals surface area contributed by atoms with Gasteiger partial charge in [-0.15, -0.1) is 0 Å². The van der Waals surface area contributed by atoms with E-state index in [0.29, 0.717) is 17.5 Å². The highest BCUT2D eigenvalue weighted by Gasteiger charge is 2.27. The zero-order valence-corrected chi connectivity index (χ0v) is 11.3. The van der Waals surface area contributed by atoms with Crippen LogP contribution < -0.4 is 5.32 Å². The topological polar surface area (TPSA) is 29.9 Å². The minimum absolute atomic E-state index is 0.501. The molecule has 1 aromatic heterocycles. The summed E-state index contributed by atoms with van der Waals surface area (Å²) in [7, 11) is 0. The number of hydrogen-bond acceptors (Lipinski definition) is 2. The van der Waals surface area contributed by atoms with Gasteiger partial charge in [-0.05, 0) is 44.1 Å². The first-order chi connectivity index (χ1) is 8.05. The van der Waals surface area contributed by atoms with Gasteiger partial charge in [-0.2, -0.15) is 5.10 Å². The van der Waals surface area contributed by atoms with E-state index in [1.807, 2.05) is 23.1 Å². The largest absolute Gasteiger partial charge is 0.310 e. The monoisotopic (exact) mass is 235 g/mol. The van der Waals surface area contributed by atoms with E-state index in [9.17, 15) is 0 Å². The fourth-order valence-corrected chi connectivity index (χ4v) is 2.71. The first-order valence-electron chi connectivity index (χ1n) is 6.79. The van der Waals surface area contributed by atoms with Gasteiger partial charge < -0.3 is 5.32 Å². The highest BCUT2D eigenvalue weighted by atomic mass is 15.3. The van der Waals surface area contributed by atoms with Crippen LogP contribution in [0.5, 0.6) is 0 Å². The fourth-order valence-electron chi connectivity index (χ4n) is 2.71. The normalized spacial score (nSPS) is 22.5. The molecule has 96 valence electrons. The summed E-state index contributed by atoms with van der Waals surface area (Å²) in [4.78, 5) is 0. The Morgan fingerprint density at radius 1 is 1.41 bits per heavy atom. The minimum atomic E-state index is 0.501. The van der Waals surface area contributed by atoms with Crippen molar-refractivity contribution in [3.05, 3.63) is 18.5 Å². The van der Waals surface area contributed by atoms with Crippen LogP contribution in [-0.4, -0.2) is 21.9 Å². The molecule has 1 saturated carbocycles. The number of rotatable bonds is 4. The average molecular weight is 235 g/mol. The molecule has 1 aliphatic carbocycles. The Morgan fingerprint density at radius 3 is 2.71 bits per heavy atom. The van der Waals surface area contributed by atoms with Crippen LogP contribution in [0.2, 0.25) is 0 Å². The van der Waals surface area contributed by atoms with E-state index in [0.717, 1.165) is 6.54 Å². The summed E-state index contributed by atoms with van der Waals surface area (Å²) in [5.74, 6) is 0. The lowest BCUT2D eigenvalue weighted by Crippen LogP contribution is -2.42. The molecule has 0 spiro atoms. The van der Waals surface area contributed by atoms with Crippen LogP contribution in [-0.2, 0) is 6.54 Å². The van der Waals surface area contributed by atoms with Crippen molar-refractivity contribution < 1.29 is 0 Å². The van der Waals surface area contributed by atoms with Crippen molar-refractivity contribution in [3.63, 3.8) is 0 Å². The van der Waals surface area contributed by atoms with Crippen molar-refractivity contribution in [1.29, 1.82) is 0 Å². The molecule has 1 unspecified atom stereocenters. The van der Waals surface area contributed by atoms with Gasteiger partial charge in [0.25, 0.3) is 0 Å². The van der Waals surface area contributed by atoms with Crippen LogP contribution in [0, 0.1) is 5.41 Å². The van der Waals surface area contributed by atoms with Gasteiger partial charge in [-0.3, -0.25) is 4.68 Å². The molecule has 1 N–H and O–H groups in total. The van der Waals surface area contributed by atoms with Crippen LogP contribution >= 0.6 is 0 Å². The summed E-state index contributed by atoms with van der Waals surface area (Å²) in [6, 6.07) is 3.19. The Balaban J connectivity index is 1.74. The molecule has 0 aromatic carbocycles. The number of nitrogens with zero attached hydrogens (tertiary/aromatic N) is 2. The second-order valence-corrected chi connectivity index (χ2v) is 6.23. The molecule has 1 heterocycles. The van der Waals surface area contributed by atoms with Crippen molar-refractivity contribution in [2.75, 3.05) is 0 Å². The standard InChI is InChI=1S/C14H25N3/c1-12(11-17-10-4-9-15-17)16-13-5-7-14(2,3)8-6-13/h4,9-10,12-13,16H,5-8,11H2,1-3H3. The van der Waals surface area contributed by atoms with Crippen molar-refractivity contribution in [3.8, 4) is 0 Å². The fraction of sp³-hybridized carbons (Fsp3) is 0.786. The third-order valence-corrected chi connectivity index (χ3v) is 3.88. The van der Waals surface area contributed by atoms with Crippen molar-refractivity contribution in [1.82, 2.24) is 15.1 Å². The molecule has 0 saturated heterocycles. The smallest absolute Gasteiger partial charge is 0.0560 e. The molecule has 1 aromatic rings. The van der Waals surface area contributed by atoms with Gasteiger partial charge >= 0.3 is 0 Å². The quantitative estimate of drug-likeness (QED) is 0.869. The maximum absolute atomic E-state index is 4.25. The van der Waals surface area contributed by atoms with E-state index < -0.39 is 0 Å². The molecule has 0 radical (unpaired) electrons. The van der Waals surface area contributed by atoms with E-state index in [1.54, 1.807) is 0 Å². The number of nitrogens with one attached hydrogen (secondary N) is 1.